The molecule has 2 heterocycles. The van der Waals surface area contributed by atoms with Crippen molar-refractivity contribution in [3.63, 3.8) is 0 Å². The molecule has 2 amide bonds. The highest BCUT2D eigenvalue weighted by Gasteiger charge is 2.22. The maximum atomic E-state index is 12.7. The highest BCUT2D eigenvalue weighted by atomic mass is 16.6. The van der Waals surface area contributed by atoms with Crippen LogP contribution in [0, 0.1) is 13.8 Å². The van der Waals surface area contributed by atoms with E-state index in [2.05, 4.69) is 15.2 Å². The van der Waals surface area contributed by atoms with E-state index in [4.69, 9.17) is 4.74 Å². The number of hydrogen-bond acceptors (Lipinski definition) is 5. The maximum Gasteiger partial charge on any atom is 0.409 e. The molecule has 0 aliphatic carbocycles. The molecule has 0 spiro atoms. The van der Waals surface area contributed by atoms with Crippen LogP contribution in [-0.4, -0.2) is 54.7 Å². The van der Waals surface area contributed by atoms with Gasteiger partial charge in [-0.1, -0.05) is 12.1 Å². The number of nitrogens with one attached hydrogen (secondary N) is 1. The van der Waals surface area contributed by atoms with Gasteiger partial charge in [0.1, 0.15) is 5.69 Å². The Morgan fingerprint density at radius 3 is 2.61 bits per heavy atom. The van der Waals surface area contributed by atoms with E-state index in [-0.39, 0.29) is 12.0 Å². The summed E-state index contributed by atoms with van der Waals surface area (Å²) in [6.07, 6.45) is 1.37. The van der Waals surface area contributed by atoms with Crippen LogP contribution in [-0.2, 0) is 4.74 Å². The molecule has 28 heavy (non-hydrogen) atoms. The van der Waals surface area contributed by atoms with Crippen molar-refractivity contribution in [2.45, 2.75) is 20.8 Å². The van der Waals surface area contributed by atoms with Gasteiger partial charge >= 0.3 is 6.09 Å². The second-order valence-corrected chi connectivity index (χ2v) is 6.77. The molecule has 1 N–H and O–H groups in total. The van der Waals surface area contributed by atoms with Crippen LogP contribution >= 0.6 is 0 Å². The normalized spacial score (nSPS) is 14.0. The van der Waals surface area contributed by atoms with E-state index in [1.165, 1.54) is 0 Å². The third-order valence-corrected chi connectivity index (χ3v) is 5.00. The predicted molar refractivity (Wildman–Crippen MR) is 109 cm³/mol. The lowest BCUT2D eigenvalue weighted by molar-refractivity contribution is 0.102. The summed E-state index contributed by atoms with van der Waals surface area (Å²) >= 11 is 0. The first kappa shape index (κ1) is 19.7. The van der Waals surface area contributed by atoms with Crippen molar-refractivity contribution >= 4 is 23.4 Å². The molecule has 0 radical (unpaired) electrons. The van der Waals surface area contributed by atoms with Crippen molar-refractivity contribution in [2.75, 3.05) is 43.0 Å². The zero-order chi connectivity index (χ0) is 20.1. The van der Waals surface area contributed by atoms with Crippen molar-refractivity contribution in [3.8, 4) is 0 Å². The van der Waals surface area contributed by atoms with Gasteiger partial charge in [0.15, 0.2) is 0 Å². The van der Waals surface area contributed by atoms with Gasteiger partial charge in [0.05, 0.1) is 6.61 Å². The molecule has 0 bridgehead atoms. The summed E-state index contributed by atoms with van der Waals surface area (Å²) in [5, 5.41) is 2.94. The number of piperazine rings is 1. The average Bonchev–Trinajstić information content (AvgIpc) is 2.72. The number of nitrogens with zero attached hydrogens (tertiary/aromatic N) is 3. The molecule has 1 saturated heterocycles. The molecule has 0 unspecified atom stereocenters. The van der Waals surface area contributed by atoms with E-state index in [1.807, 2.05) is 38.1 Å². The fraction of sp³-hybridized carbons (Fsp3) is 0.381. The number of benzene rings is 1. The number of anilines is 2. The zero-order valence-electron chi connectivity index (χ0n) is 16.6. The van der Waals surface area contributed by atoms with Crippen molar-refractivity contribution in [1.82, 2.24) is 9.88 Å². The summed E-state index contributed by atoms with van der Waals surface area (Å²) < 4.78 is 5.05. The SMILES string of the molecule is CCOC(=O)N1CCN(c2ccnc(C(=O)Nc3cccc(C)c3C)c2)CC1. The Morgan fingerprint density at radius 1 is 1.14 bits per heavy atom. The van der Waals surface area contributed by atoms with Crippen LogP contribution in [0.3, 0.4) is 0 Å². The van der Waals surface area contributed by atoms with Crippen LogP contribution in [0.15, 0.2) is 36.5 Å². The summed E-state index contributed by atoms with van der Waals surface area (Å²) in [5.41, 5.74) is 4.25. The van der Waals surface area contributed by atoms with Gasteiger partial charge < -0.3 is 19.9 Å². The van der Waals surface area contributed by atoms with Crippen LogP contribution in [0.1, 0.15) is 28.5 Å². The Morgan fingerprint density at radius 2 is 1.89 bits per heavy atom. The molecule has 0 atom stereocenters. The van der Waals surface area contributed by atoms with Gasteiger partial charge in [0.2, 0.25) is 0 Å². The predicted octanol–water partition coefficient (Wildman–Crippen LogP) is 3.23. The highest BCUT2D eigenvalue weighted by Crippen LogP contribution is 2.21. The Kier molecular flexibility index (Phi) is 6.13. The molecule has 1 aliphatic rings. The van der Waals surface area contributed by atoms with Gasteiger partial charge in [-0.3, -0.25) is 9.78 Å². The molecule has 148 valence electrons. The van der Waals surface area contributed by atoms with E-state index in [1.54, 1.807) is 24.1 Å². The van der Waals surface area contributed by atoms with Crippen molar-refractivity contribution in [3.05, 3.63) is 53.3 Å². The Labute approximate surface area is 165 Å². The molecule has 7 nitrogen and oxygen atoms in total. The minimum Gasteiger partial charge on any atom is -0.450 e. The van der Waals surface area contributed by atoms with Gasteiger partial charge in [-0.2, -0.15) is 0 Å². The molecule has 1 aliphatic heterocycles. The minimum absolute atomic E-state index is 0.235. The molecule has 1 fully saturated rings. The van der Waals surface area contributed by atoms with Gasteiger partial charge in [-0.25, -0.2) is 4.79 Å². The number of amides is 2. The topological polar surface area (TPSA) is 74.8 Å². The number of rotatable bonds is 4. The molecule has 7 heteroatoms. The largest absolute Gasteiger partial charge is 0.450 e. The smallest absolute Gasteiger partial charge is 0.409 e. The van der Waals surface area contributed by atoms with Crippen molar-refractivity contribution in [2.24, 2.45) is 0 Å². The Hall–Kier alpha value is -3.09. The number of aryl methyl sites for hydroxylation is 1. The van der Waals surface area contributed by atoms with Crippen LogP contribution < -0.4 is 10.2 Å². The highest BCUT2D eigenvalue weighted by molar-refractivity contribution is 6.03. The molecular formula is C21H26N4O3. The fourth-order valence-corrected chi connectivity index (χ4v) is 3.18. The van der Waals surface area contributed by atoms with E-state index in [9.17, 15) is 9.59 Å². The summed E-state index contributed by atoms with van der Waals surface area (Å²) in [4.78, 5) is 32.6. The second-order valence-electron chi connectivity index (χ2n) is 6.77. The van der Waals surface area contributed by atoms with Crippen molar-refractivity contribution < 1.29 is 14.3 Å². The first-order valence-electron chi connectivity index (χ1n) is 9.50. The Bertz CT molecular complexity index is 860. The third kappa shape index (κ3) is 4.42. The minimum atomic E-state index is -0.273. The molecular weight excluding hydrogens is 356 g/mol. The first-order chi connectivity index (χ1) is 13.5. The molecule has 0 saturated carbocycles. The van der Waals surface area contributed by atoms with Gasteiger partial charge in [-0.05, 0) is 50.1 Å². The lowest BCUT2D eigenvalue weighted by atomic mass is 10.1. The lowest BCUT2D eigenvalue weighted by Crippen LogP contribution is -2.49. The summed E-state index contributed by atoms with van der Waals surface area (Å²) in [6, 6.07) is 9.50. The third-order valence-electron chi connectivity index (χ3n) is 5.00. The maximum absolute atomic E-state index is 12.7. The van der Waals surface area contributed by atoms with Crippen LogP contribution in [0.2, 0.25) is 0 Å². The van der Waals surface area contributed by atoms with E-state index in [0.29, 0.717) is 38.5 Å². The number of pyridine rings is 1. The van der Waals surface area contributed by atoms with E-state index < -0.39 is 0 Å². The fourth-order valence-electron chi connectivity index (χ4n) is 3.18. The van der Waals surface area contributed by atoms with E-state index in [0.717, 1.165) is 22.5 Å². The number of ether oxygens (including phenoxy) is 1. The van der Waals surface area contributed by atoms with Gasteiger partial charge in [0.25, 0.3) is 5.91 Å². The quantitative estimate of drug-likeness (QED) is 0.879. The molecule has 3 rings (SSSR count). The molecule has 1 aromatic heterocycles. The number of carbonyl (C=O) groups excluding carboxylic acids is 2. The summed E-state index contributed by atoms with van der Waals surface area (Å²) in [5.74, 6) is -0.235. The monoisotopic (exact) mass is 382 g/mol. The number of hydrogen-bond donors (Lipinski definition) is 1. The second kappa shape index (κ2) is 8.73. The standard InChI is InChI=1S/C21H26N4O3/c1-4-28-21(27)25-12-10-24(11-13-25)17-8-9-22-19(14-17)20(26)23-18-7-5-6-15(2)16(18)3/h5-9,14H,4,10-13H2,1-3H3,(H,23,26). The van der Waals surface area contributed by atoms with Gasteiger partial charge in [0, 0.05) is 43.8 Å². The lowest BCUT2D eigenvalue weighted by Gasteiger charge is -2.35. The summed E-state index contributed by atoms with van der Waals surface area (Å²) in [7, 11) is 0. The zero-order valence-corrected chi connectivity index (χ0v) is 16.6. The number of carbonyl (C=O) groups is 2. The van der Waals surface area contributed by atoms with Crippen LogP contribution in [0.4, 0.5) is 16.2 Å². The summed E-state index contributed by atoms with van der Waals surface area (Å²) in [6.45, 7) is 8.72. The van der Waals surface area contributed by atoms with Crippen LogP contribution in [0.5, 0.6) is 0 Å². The van der Waals surface area contributed by atoms with Crippen molar-refractivity contribution in [1.29, 1.82) is 0 Å². The first-order valence-corrected chi connectivity index (χ1v) is 9.50. The Balaban J connectivity index is 1.66. The van der Waals surface area contributed by atoms with Gasteiger partial charge in [-0.15, -0.1) is 0 Å². The van der Waals surface area contributed by atoms with E-state index >= 15 is 0 Å². The van der Waals surface area contributed by atoms with Crippen LogP contribution in [0.25, 0.3) is 0 Å². The number of aromatic nitrogens is 1. The average molecular weight is 382 g/mol. The molecule has 2 aromatic rings. The molecule has 1 aromatic carbocycles.